The normalized spacial score (nSPS) is 13.4. The van der Waals surface area contributed by atoms with Crippen molar-refractivity contribution in [3.8, 4) is 11.6 Å². The maximum Gasteiger partial charge on any atom is 0.416 e. The molecule has 0 aliphatic carbocycles. The number of fused-ring (bicyclic) bond motifs is 1. The Kier molecular flexibility index (Phi) is 11.7. The van der Waals surface area contributed by atoms with E-state index in [-0.39, 0.29) is 51.3 Å². The molecule has 0 unspecified atom stereocenters. The van der Waals surface area contributed by atoms with Crippen molar-refractivity contribution in [2.45, 2.75) is 12.7 Å². The average Bonchev–Trinajstić information content (AvgIpc) is 3.39. The van der Waals surface area contributed by atoms with Crippen LogP contribution in [0, 0.1) is 0 Å². The Morgan fingerprint density at radius 2 is 1.65 bits per heavy atom. The zero-order valence-electron chi connectivity index (χ0n) is 26.1. The van der Waals surface area contributed by atoms with Gasteiger partial charge in [0.1, 0.15) is 11.4 Å². The fourth-order valence-electron chi connectivity index (χ4n) is 5.48. The third kappa shape index (κ3) is 8.05. The van der Waals surface area contributed by atoms with E-state index in [4.69, 9.17) is 4.74 Å². The number of aromatic nitrogens is 3. The number of nitrogens with zero attached hydrogens (tertiary/aromatic N) is 6. The van der Waals surface area contributed by atoms with Crippen molar-refractivity contribution in [1.29, 1.82) is 0 Å². The summed E-state index contributed by atoms with van der Waals surface area (Å²) < 4.78 is 46.4. The van der Waals surface area contributed by atoms with E-state index in [1.807, 2.05) is 47.0 Å². The number of hydrogen-bond acceptors (Lipinski definition) is 6. The predicted octanol–water partition coefficient (Wildman–Crippen LogP) is 7.17. The van der Waals surface area contributed by atoms with Crippen LogP contribution in [0.3, 0.4) is 0 Å². The van der Waals surface area contributed by atoms with Crippen LogP contribution >= 0.6 is 34.0 Å². The van der Waals surface area contributed by atoms with Crippen LogP contribution in [0.1, 0.15) is 32.0 Å². The highest BCUT2D eigenvalue weighted by Crippen LogP contribution is 2.30. The number of amides is 2. The van der Waals surface area contributed by atoms with Crippen LogP contribution in [0.25, 0.3) is 10.9 Å². The zero-order valence-corrected chi connectivity index (χ0v) is 29.5. The Balaban J connectivity index is 0.00000260. The fraction of sp³-hybridized carbons (Fsp3) is 0.235. The molecule has 2 amide bonds. The number of anilines is 1. The molecule has 252 valence electrons. The number of carbonyl (C=O) groups is 2. The highest BCUT2D eigenvalue weighted by atomic mass is 79.9. The first-order chi connectivity index (χ1) is 22.1. The second kappa shape index (κ2) is 15.3. The van der Waals surface area contributed by atoms with Gasteiger partial charge in [0.2, 0.25) is 5.88 Å². The van der Waals surface area contributed by atoms with E-state index in [0.29, 0.717) is 30.2 Å². The highest BCUT2D eigenvalue weighted by Gasteiger charge is 2.30. The Bertz CT molecular complexity index is 1860. The quantitative estimate of drug-likeness (QED) is 0.174. The van der Waals surface area contributed by atoms with Gasteiger partial charge >= 0.3 is 6.18 Å². The molecule has 1 aliphatic heterocycles. The van der Waals surface area contributed by atoms with E-state index < -0.39 is 17.6 Å². The number of carbonyl (C=O) groups excluding carboxylic acids is 2. The van der Waals surface area contributed by atoms with E-state index in [2.05, 4.69) is 20.9 Å². The van der Waals surface area contributed by atoms with Crippen LogP contribution in [0.4, 0.5) is 18.9 Å². The Morgan fingerprint density at radius 1 is 0.917 bits per heavy atom. The minimum atomic E-state index is -4.48. The molecule has 4 heterocycles. The van der Waals surface area contributed by atoms with E-state index in [1.165, 1.54) is 18.1 Å². The number of ether oxygens (including phenoxy) is 1. The molecule has 0 spiro atoms. The van der Waals surface area contributed by atoms with E-state index in [0.717, 1.165) is 60.4 Å². The number of hydrogen-bond donors (Lipinski definition) is 0. The second-order valence-corrected chi connectivity index (χ2v) is 11.1. The lowest BCUT2D eigenvalue weighted by Crippen LogP contribution is -2.48. The first kappa shape index (κ1) is 36.6. The summed E-state index contributed by atoms with van der Waals surface area (Å²) in [5.74, 6) is 0.315. The van der Waals surface area contributed by atoms with Crippen LogP contribution in [-0.4, -0.2) is 69.4 Å². The van der Waals surface area contributed by atoms with Gasteiger partial charge in [-0.1, -0.05) is 6.07 Å². The SMILES string of the molecule is Br.Br.CN(C(=O)c1ccc(C(F)(F)F)cc1)c1ccc(Oc2ccc3c(c2)cc(C(=O)N2CCN(Cc4cccnc4)CC2)n3C)nc1. The third-order valence-corrected chi connectivity index (χ3v) is 8.12. The third-order valence-electron chi connectivity index (χ3n) is 8.12. The molecule has 9 nitrogen and oxygen atoms in total. The molecule has 14 heteroatoms. The Labute approximate surface area is 296 Å². The summed E-state index contributed by atoms with van der Waals surface area (Å²) in [5.41, 5.74) is 2.37. The molecule has 1 fully saturated rings. The van der Waals surface area contributed by atoms with Crippen LogP contribution in [0.5, 0.6) is 11.6 Å². The van der Waals surface area contributed by atoms with Crippen LogP contribution in [0.15, 0.2) is 91.4 Å². The van der Waals surface area contributed by atoms with Gasteiger partial charge in [0.05, 0.1) is 17.4 Å². The highest BCUT2D eigenvalue weighted by molar-refractivity contribution is 8.93. The van der Waals surface area contributed by atoms with E-state index >= 15 is 0 Å². The lowest BCUT2D eigenvalue weighted by molar-refractivity contribution is -0.137. The lowest BCUT2D eigenvalue weighted by atomic mass is 10.1. The number of pyridine rings is 2. The first-order valence-corrected chi connectivity index (χ1v) is 14.7. The van der Waals surface area contributed by atoms with Gasteiger partial charge in [-0.15, -0.1) is 34.0 Å². The molecule has 1 aliphatic rings. The van der Waals surface area contributed by atoms with E-state index in [9.17, 15) is 22.8 Å². The lowest BCUT2D eigenvalue weighted by Gasteiger charge is -2.34. The van der Waals surface area contributed by atoms with Crippen LogP contribution < -0.4 is 9.64 Å². The van der Waals surface area contributed by atoms with Gasteiger partial charge in [-0.25, -0.2) is 4.98 Å². The van der Waals surface area contributed by atoms with Crippen LogP contribution in [-0.2, 0) is 19.8 Å². The van der Waals surface area contributed by atoms with Crippen LogP contribution in [0.2, 0.25) is 0 Å². The van der Waals surface area contributed by atoms with Crippen molar-refractivity contribution in [2.24, 2.45) is 7.05 Å². The van der Waals surface area contributed by atoms with Crippen molar-refractivity contribution < 1.29 is 27.5 Å². The molecule has 48 heavy (non-hydrogen) atoms. The molecule has 0 atom stereocenters. The Morgan fingerprint density at radius 3 is 2.27 bits per heavy atom. The molecular weight excluding hydrogens is 757 g/mol. The van der Waals surface area contributed by atoms with Gasteiger partial charge in [0.25, 0.3) is 11.8 Å². The smallest absolute Gasteiger partial charge is 0.416 e. The molecule has 3 aromatic heterocycles. The summed E-state index contributed by atoms with van der Waals surface area (Å²) in [6.45, 7) is 3.66. The van der Waals surface area contributed by atoms with Gasteiger partial charge in [0.15, 0.2) is 0 Å². The molecule has 0 saturated carbocycles. The summed E-state index contributed by atoms with van der Waals surface area (Å²) >= 11 is 0. The summed E-state index contributed by atoms with van der Waals surface area (Å²) in [6.07, 6.45) is 0.602. The molecule has 5 aromatic rings. The molecule has 2 aromatic carbocycles. The molecule has 0 bridgehead atoms. The standard InChI is InChI=1S/C34H31F3N6O3.2BrH/c1-40(32(44)24-5-7-26(8-6-24)34(35,36)37)27-9-12-31(39-21-27)46-28-10-11-29-25(18-28)19-30(41(29)2)33(45)43-16-14-42(15-17-43)22-23-4-3-13-38-20-23;;/h3-13,18-21H,14-17,22H2,1-2H3;2*1H. The number of piperazine rings is 1. The summed E-state index contributed by atoms with van der Waals surface area (Å²) in [4.78, 5) is 40.3. The molecule has 1 saturated heterocycles. The average molecular weight is 790 g/mol. The first-order valence-electron chi connectivity index (χ1n) is 14.7. The summed E-state index contributed by atoms with van der Waals surface area (Å²) in [5, 5.41) is 0.844. The monoisotopic (exact) mass is 788 g/mol. The van der Waals surface area contributed by atoms with Gasteiger partial charge in [-0.3, -0.25) is 19.5 Å². The molecule has 6 rings (SSSR count). The molecular formula is C34H33Br2F3N6O3. The minimum Gasteiger partial charge on any atom is -0.439 e. The fourth-order valence-corrected chi connectivity index (χ4v) is 5.48. The number of benzene rings is 2. The van der Waals surface area contributed by atoms with Crippen molar-refractivity contribution in [2.75, 3.05) is 38.1 Å². The maximum absolute atomic E-state index is 13.5. The number of rotatable bonds is 7. The van der Waals surface area contributed by atoms with Gasteiger partial charge in [-0.2, -0.15) is 13.2 Å². The molecule has 0 radical (unpaired) electrons. The topological polar surface area (TPSA) is 83.8 Å². The van der Waals surface area contributed by atoms with Crippen molar-refractivity contribution in [3.63, 3.8) is 0 Å². The summed E-state index contributed by atoms with van der Waals surface area (Å²) in [6, 6.07) is 18.7. The number of aryl methyl sites for hydroxylation is 1. The van der Waals surface area contributed by atoms with Gasteiger partial charge in [-0.05, 0) is 66.2 Å². The van der Waals surface area contributed by atoms with Gasteiger partial charge in [0, 0.05) is 81.7 Å². The number of halogens is 5. The predicted molar refractivity (Wildman–Crippen MR) is 187 cm³/mol. The molecule has 0 N–H and O–H groups in total. The Hall–Kier alpha value is -4.27. The van der Waals surface area contributed by atoms with E-state index in [1.54, 1.807) is 24.4 Å². The maximum atomic E-state index is 13.5. The number of alkyl halides is 3. The second-order valence-electron chi connectivity index (χ2n) is 11.1. The van der Waals surface area contributed by atoms with Crippen molar-refractivity contribution in [1.82, 2.24) is 24.3 Å². The summed E-state index contributed by atoms with van der Waals surface area (Å²) in [7, 11) is 3.39. The van der Waals surface area contributed by atoms with Crippen molar-refractivity contribution >= 4 is 62.4 Å². The minimum absolute atomic E-state index is 0. The largest absolute Gasteiger partial charge is 0.439 e. The van der Waals surface area contributed by atoms with Crippen molar-refractivity contribution in [3.05, 3.63) is 114 Å². The zero-order chi connectivity index (χ0) is 32.4. The van der Waals surface area contributed by atoms with Gasteiger partial charge < -0.3 is 19.1 Å².